The Kier molecular flexibility index (Phi) is 5.83. The second kappa shape index (κ2) is 8.45. The highest BCUT2D eigenvalue weighted by atomic mass is 32.1. The molecule has 4 rings (SSSR count). The summed E-state index contributed by atoms with van der Waals surface area (Å²) in [7, 11) is 0. The van der Waals surface area contributed by atoms with Crippen molar-refractivity contribution in [3.63, 3.8) is 0 Å². The average Bonchev–Trinajstić information content (AvgIpc) is 3.34. The number of nitrogens with zero attached hydrogens (tertiary/aromatic N) is 3. The van der Waals surface area contributed by atoms with Gasteiger partial charge in [0.2, 0.25) is 0 Å². The fourth-order valence-electron chi connectivity index (χ4n) is 3.90. The quantitative estimate of drug-likeness (QED) is 0.783. The molecule has 0 atom stereocenters. The summed E-state index contributed by atoms with van der Waals surface area (Å²) in [6.45, 7) is 11.1. The van der Waals surface area contributed by atoms with Crippen molar-refractivity contribution in [2.24, 2.45) is 0 Å². The fourth-order valence-corrected chi connectivity index (χ4v) is 4.96. The molecule has 3 nitrogen and oxygen atoms in total. The van der Waals surface area contributed by atoms with Gasteiger partial charge >= 0.3 is 0 Å². The molecule has 2 aliphatic heterocycles. The third-order valence-corrected chi connectivity index (χ3v) is 6.61. The molecule has 0 N–H and O–H groups in total. The van der Waals surface area contributed by atoms with Crippen LogP contribution in [0.25, 0.3) is 10.4 Å². The van der Waals surface area contributed by atoms with E-state index in [0.29, 0.717) is 0 Å². The third kappa shape index (κ3) is 4.70. The maximum Gasteiger partial charge on any atom is 0.0346 e. The normalized spacial score (nSPS) is 20.3. The van der Waals surface area contributed by atoms with Crippen molar-refractivity contribution in [3.8, 4) is 10.4 Å². The van der Waals surface area contributed by atoms with E-state index in [1.54, 1.807) is 0 Å². The predicted molar refractivity (Wildman–Crippen MR) is 107 cm³/mol. The fraction of sp³-hybridized carbons (Fsp3) is 0.524. The van der Waals surface area contributed by atoms with Crippen LogP contribution in [-0.4, -0.2) is 67.1 Å². The van der Waals surface area contributed by atoms with Gasteiger partial charge in [-0.3, -0.25) is 9.80 Å². The third-order valence-electron chi connectivity index (χ3n) is 5.50. The summed E-state index contributed by atoms with van der Waals surface area (Å²) in [4.78, 5) is 10.8. The van der Waals surface area contributed by atoms with Crippen molar-refractivity contribution in [2.75, 3.05) is 52.4 Å². The molecule has 2 aliphatic rings. The van der Waals surface area contributed by atoms with Crippen LogP contribution in [0.5, 0.6) is 0 Å². The summed E-state index contributed by atoms with van der Waals surface area (Å²) in [6.07, 6.45) is 2.80. The highest BCUT2D eigenvalue weighted by Gasteiger charge is 2.19. The van der Waals surface area contributed by atoms with Crippen LogP contribution < -0.4 is 0 Å². The van der Waals surface area contributed by atoms with E-state index in [9.17, 15) is 0 Å². The number of piperazine rings is 1. The van der Waals surface area contributed by atoms with Gasteiger partial charge in [-0.15, -0.1) is 11.3 Å². The molecule has 0 spiro atoms. The van der Waals surface area contributed by atoms with Gasteiger partial charge in [0.25, 0.3) is 0 Å². The van der Waals surface area contributed by atoms with Crippen molar-refractivity contribution >= 4 is 11.3 Å². The van der Waals surface area contributed by atoms with E-state index in [0.717, 1.165) is 6.54 Å². The average molecular weight is 356 g/mol. The molecule has 1 aromatic carbocycles. The molecule has 0 saturated carbocycles. The van der Waals surface area contributed by atoms with Gasteiger partial charge in [-0.05, 0) is 43.6 Å². The van der Waals surface area contributed by atoms with Gasteiger partial charge in [-0.1, -0.05) is 30.3 Å². The van der Waals surface area contributed by atoms with E-state index in [-0.39, 0.29) is 0 Å². The first-order valence-electron chi connectivity index (χ1n) is 9.68. The molecule has 2 fully saturated rings. The Morgan fingerprint density at radius 1 is 0.680 bits per heavy atom. The summed E-state index contributed by atoms with van der Waals surface area (Å²) in [5.74, 6) is 0. The molecule has 0 radical (unpaired) electrons. The molecule has 4 heteroatoms. The largest absolute Gasteiger partial charge is 0.302 e. The molecule has 0 amide bonds. The molecule has 2 saturated heterocycles. The van der Waals surface area contributed by atoms with Crippen molar-refractivity contribution in [1.29, 1.82) is 0 Å². The van der Waals surface area contributed by atoms with Crippen molar-refractivity contribution in [1.82, 2.24) is 14.7 Å². The topological polar surface area (TPSA) is 9.72 Å². The molecule has 3 heterocycles. The minimum atomic E-state index is 1.11. The van der Waals surface area contributed by atoms with Gasteiger partial charge in [-0.25, -0.2) is 0 Å². The Bertz CT molecular complexity index is 640. The molecule has 0 bridgehead atoms. The summed E-state index contributed by atoms with van der Waals surface area (Å²) in [5, 5.41) is 0. The van der Waals surface area contributed by atoms with Crippen molar-refractivity contribution < 1.29 is 0 Å². The number of thiophene rings is 1. The zero-order valence-corrected chi connectivity index (χ0v) is 15.9. The van der Waals surface area contributed by atoms with Gasteiger partial charge in [0.1, 0.15) is 0 Å². The van der Waals surface area contributed by atoms with Crippen LogP contribution in [0.2, 0.25) is 0 Å². The maximum absolute atomic E-state index is 2.65. The number of likely N-dealkylation sites (tertiary alicyclic amines) is 1. The highest BCUT2D eigenvalue weighted by Crippen LogP contribution is 2.28. The number of hydrogen-bond acceptors (Lipinski definition) is 4. The lowest BCUT2D eigenvalue weighted by Gasteiger charge is -2.35. The lowest BCUT2D eigenvalue weighted by atomic mass is 10.2. The van der Waals surface area contributed by atoms with Crippen LogP contribution in [0.3, 0.4) is 0 Å². The number of rotatable bonds is 6. The molecule has 134 valence electrons. The number of hydrogen-bond donors (Lipinski definition) is 0. The molecule has 2 aromatic rings. The van der Waals surface area contributed by atoms with E-state index in [4.69, 9.17) is 0 Å². The van der Waals surface area contributed by atoms with Crippen molar-refractivity contribution in [3.05, 3.63) is 47.3 Å². The van der Waals surface area contributed by atoms with Crippen molar-refractivity contribution in [2.45, 2.75) is 19.4 Å². The lowest BCUT2D eigenvalue weighted by Crippen LogP contribution is -2.47. The summed E-state index contributed by atoms with van der Waals surface area (Å²) >= 11 is 1.95. The Labute approximate surface area is 155 Å². The van der Waals surface area contributed by atoms with Crippen LogP contribution in [0, 0.1) is 0 Å². The minimum absolute atomic E-state index is 1.11. The van der Waals surface area contributed by atoms with Crippen LogP contribution in [0.4, 0.5) is 0 Å². The Hall–Kier alpha value is -1.20. The zero-order chi connectivity index (χ0) is 16.9. The van der Waals surface area contributed by atoms with E-state index < -0.39 is 0 Å². The van der Waals surface area contributed by atoms with Gasteiger partial charge in [-0.2, -0.15) is 0 Å². The second-order valence-electron chi connectivity index (χ2n) is 7.30. The van der Waals surface area contributed by atoms with Gasteiger partial charge in [0.05, 0.1) is 0 Å². The van der Waals surface area contributed by atoms with E-state index in [1.807, 2.05) is 11.3 Å². The Morgan fingerprint density at radius 3 is 2.04 bits per heavy atom. The first kappa shape index (κ1) is 17.2. The zero-order valence-electron chi connectivity index (χ0n) is 15.1. The van der Waals surface area contributed by atoms with Crippen LogP contribution in [0.1, 0.15) is 17.7 Å². The van der Waals surface area contributed by atoms with E-state index >= 15 is 0 Å². The van der Waals surface area contributed by atoms with Gasteiger partial charge < -0.3 is 4.90 Å². The molecule has 0 unspecified atom stereocenters. The molecule has 25 heavy (non-hydrogen) atoms. The first-order valence-corrected chi connectivity index (χ1v) is 10.5. The van der Waals surface area contributed by atoms with E-state index in [1.165, 1.54) is 80.5 Å². The first-order chi connectivity index (χ1) is 12.4. The van der Waals surface area contributed by atoms with Gasteiger partial charge in [0, 0.05) is 55.6 Å². The number of benzene rings is 1. The Balaban J connectivity index is 1.23. The standard InChI is InChI=1S/C21H29N3S/c1-2-6-19(7-3-1)21-9-8-20(25-21)18-24-16-14-23(15-17-24)13-12-22-10-4-5-11-22/h1-3,6-9H,4-5,10-18H2. The summed E-state index contributed by atoms with van der Waals surface area (Å²) < 4.78 is 0. The lowest BCUT2D eigenvalue weighted by molar-refractivity contribution is 0.118. The maximum atomic E-state index is 2.65. The minimum Gasteiger partial charge on any atom is -0.302 e. The van der Waals surface area contributed by atoms with Crippen LogP contribution in [-0.2, 0) is 6.54 Å². The summed E-state index contributed by atoms with van der Waals surface area (Å²) in [5.41, 5.74) is 1.34. The van der Waals surface area contributed by atoms with Crippen LogP contribution in [0.15, 0.2) is 42.5 Å². The monoisotopic (exact) mass is 355 g/mol. The van der Waals surface area contributed by atoms with E-state index in [2.05, 4.69) is 57.2 Å². The molecular weight excluding hydrogens is 326 g/mol. The van der Waals surface area contributed by atoms with Gasteiger partial charge in [0.15, 0.2) is 0 Å². The predicted octanol–water partition coefficient (Wildman–Crippen LogP) is 3.63. The highest BCUT2D eigenvalue weighted by molar-refractivity contribution is 7.15. The smallest absolute Gasteiger partial charge is 0.0346 e. The SMILES string of the molecule is c1ccc(-c2ccc(CN3CCN(CCN4CCCC4)CC3)s2)cc1. The molecule has 1 aromatic heterocycles. The Morgan fingerprint density at radius 2 is 1.32 bits per heavy atom. The summed E-state index contributed by atoms with van der Waals surface area (Å²) in [6, 6.07) is 15.3. The van der Waals surface area contributed by atoms with Crippen LogP contribution >= 0.6 is 11.3 Å². The molecular formula is C21H29N3S. The second-order valence-corrected chi connectivity index (χ2v) is 8.47. The molecule has 0 aliphatic carbocycles.